The average molecular weight is 613 g/mol. The Labute approximate surface area is 260 Å². The van der Waals surface area contributed by atoms with Crippen LogP contribution in [0.15, 0.2) is 42.6 Å². The molecule has 5 fully saturated rings. The van der Waals surface area contributed by atoms with E-state index in [2.05, 4.69) is 25.1 Å². The van der Waals surface area contributed by atoms with Crippen LogP contribution in [0.5, 0.6) is 11.8 Å². The largest absolute Gasteiger partial charge is 0.508 e. The number of halogens is 2. The van der Waals surface area contributed by atoms with Crippen LogP contribution in [0.4, 0.5) is 14.6 Å². The lowest BCUT2D eigenvalue weighted by molar-refractivity contribution is 0.0775. The van der Waals surface area contributed by atoms with Gasteiger partial charge in [-0.25, -0.2) is 8.78 Å². The molecule has 6 unspecified atom stereocenters. The van der Waals surface area contributed by atoms with Crippen molar-refractivity contribution in [2.24, 2.45) is 5.92 Å². The minimum Gasteiger partial charge on any atom is -0.508 e. The number of hydrogen-bond acceptors (Lipinski definition) is 8. The molecule has 0 radical (unpaired) electrons. The van der Waals surface area contributed by atoms with Gasteiger partial charge in [-0.05, 0) is 60.9 Å². The van der Waals surface area contributed by atoms with Crippen LogP contribution >= 0.6 is 0 Å². The SMILES string of the molecule is Oc1cc(-c2ncc3c(N4CC5CCC(C4)N5)nc(OCC45CC(F)CN4C4CCCCC4C5)nc3c2F)c2ccccc2c1. The van der Waals surface area contributed by atoms with Crippen molar-refractivity contribution in [2.45, 2.75) is 81.2 Å². The third-order valence-corrected chi connectivity index (χ3v) is 11.2. The number of fused-ring (bicyclic) bond motifs is 7. The van der Waals surface area contributed by atoms with Gasteiger partial charge in [0.2, 0.25) is 0 Å². The predicted octanol–water partition coefficient (Wildman–Crippen LogP) is 5.75. The van der Waals surface area contributed by atoms with Crippen molar-refractivity contribution in [3.8, 4) is 23.0 Å². The van der Waals surface area contributed by atoms with E-state index in [-0.39, 0.29) is 35.1 Å². The van der Waals surface area contributed by atoms with Gasteiger partial charge in [0.05, 0.1) is 10.9 Å². The van der Waals surface area contributed by atoms with Crippen LogP contribution in [0.2, 0.25) is 0 Å². The Hall–Kier alpha value is -3.63. The number of phenolic OH excluding ortho intramolecular Hbond substituents is 1. The summed E-state index contributed by atoms with van der Waals surface area (Å²) in [6, 6.07) is 12.0. The van der Waals surface area contributed by atoms with Gasteiger partial charge < -0.3 is 20.1 Å². The molecule has 234 valence electrons. The summed E-state index contributed by atoms with van der Waals surface area (Å²) in [5, 5.41) is 16.3. The Balaban J connectivity index is 1.14. The van der Waals surface area contributed by atoms with Crippen LogP contribution in [0, 0.1) is 11.7 Å². The summed E-state index contributed by atoms with van der Waals surface area (Å²) in [5.41, 5.74) is 0.374. The first-order valence-corrected chi connectivity index (χ1v) is 16.6. The van der Waals surface area contributed by atoms with Gasteiger partial charge in [0.25, 0.3) is 0 Å². The molecule has 4 saturated heterocycles. The molecule has 2 N–H and O–H groups in total. The fourth-order valence-electron chi connectivity index (χ4n) is 9.39. The second-order valence-electron chi connectivity index (χ2n) is 14.1. The molecule has 10 heteroatoms. The van der Waals surface area contributed by atoms with E-state index >= 15 is 4.39 Å². The molecule has 2 aromatic carbocycles. The average Bonchev–Trinajstić information content (AvgIpc) is 3.66. The van der Waals surface area contributed by atoms with E-state index in [4.69, 9.17) is 9.72 Å². The van der Waals surface area contributed by atoms with E-state index < -0.39 is 12.0 Å². The van der Waals surface area contributed by atoms with Crippen LogP contribution in [0.3, 0.4) is 0 Å². The number of rotatable bonds is 5. The zero-order chi connectivity index (χ0) is 30.3. The monoisotopic (exact) mass is 612 g/mol. The maximum absolute atomic E-state index is 16.7. The normalized spacial score (nSPS) is 31.1. The lowest BCUT2D eigenvalue weighted by Crippen LogP contribution is -2.51. The van der Waals surface area contributed by atoms with E-state index in [1.807, 2.05) is 24.3 Å². The van der Waals surface area contributed by atoms with Crippen molar-refractivity contribution in [3.63, 3.8) is 0 Å². The molecule has 8 nitrogen and oxygen atoms in total. The number of aromatic hydroxyl groups is 1. The minimum atomic E-state index is -0.871. The molecule has 4 aromatic rings. The summed E-state index contributed by atoms with van der Waals surface area (Å²) >= 11 is 0. The van der Waals surface area contributed by atoms with Crippen LogP contribution < -0.4 is 15.0 Å². The van der Waals surface area contributed by atoms with Gasteiger partial charge in [-0.15, -0.1) is 0 Å². The summed E-state index contributed by atoms with van der Waals surface area (Å²) < 4.78 is 38.1. The standard InChI is InChI=1S/C35H38F2N6O2/c36-22-14-35(13-21-6-2-4-8-29(21)43(35)16-22)19-45-34-40-32-28(33(41-34)42-17-23-9-10-24(18-42)39-23)15-38-31(30(32)37)27-12-25(44)11-20-5-1-3-7-26(20)27/h1,3,5,7,11-12,15,21-24,29,39,44H,2,4,6,8-10,13-14,16-19H2. The molecular weight excluding hydrogens is 574 g/mol. The molecule has 5 aliphatic rings. The van der Waals surface area contributed by atoms with Crippen LogP contribution in [-0.4, -0.2) is 81.0 Å². The Morgan fingerprint density at radius 2 is 1.80 bits per heavy atom. The second kappa shape index (κ2) is 10.5. The highest BCUT2D eigenvalue weighted by Crippen LogP contribution is 2.51. The zero-order valence-corrected chi connectivity index (χ0v) is 25.3. The Bertz CT molecular complexity index is 1790. The van der Waals surface area contributed by atoms with E-state index in [1.54, 1.807) is 18.3 Å². The molecule has 6 atom stereocenters. The van der Waals surface area contributed by atoms with Crippen LogP contribution in [0.25, 0.3) is 32.9 Å². The molecule has 4 aliphatic heterocycles. The molecular formula is C35H38F2N6O2. The van der Waals surface area contributed by atoms with Crippen molar-refractivity contribution in [2.75, 3.05) is 31.1 Å². The van der Waals surface area contributed by atoms with Gasteiger partial charge in [0, 0.05) is 55.9 Å². The lowest BCUT2D eigenvalue weighted by Gasteiger charge is -2.36. The number of piperazine rings is 1. The maximum Gasteiger partial charge on any atom is 0.319 e. The summed E-state index contributed by atoms with van der Waals surface area (Å²) in [4.78, 5) is 18.8. The summed E-state index contributed by atoms with van der Waals surface area (Å²) in [6.45, 7) is 2.26. The fraction of sp³-hybridized carbons (Fsp3) is 0.514. The van der Waals surface area contributed by atoms with Gasteiger partial charge in [0.1, 0.15) is 35.6 Å². The molecule has 0 amide bonds. The number of ether oxygens (including phenoxy) is 1. The Morgan fingerprint density at radius 1 is 0.978 bits per heavy atom. The smallest absolute Gasteiger partial charge is 0.319 e. The number of nitrogens with zero attached hydrogens (tertiary/aromatic N) is 5. The summed E-state index contributed by atoms with van der Waals surface area (Å²) in [5.74, 6) is 0.655. The number of benzene rings is 2. The highest BCUT2D eigenvalue weighted by Gasteiger charge is 2.57. The highest BCUT2D eigenvalue weighted by molar-refractivity contribution is 5.99. The molecule has 1 saturated carbocycles. The quantitative estimate of drug-likeness (QED) is 0.295. The van der Waals surface area contributed by atoms with E-state index in [0.717, 1.165) is 49.5 Å². The second-order valence-corrected chi connectivity index (χ2v) is 14.1. The topological polar surface area (TPSA) is 86.6 Å². The molecule has 45 heavy (non-hydrogen) atoms. The van der Waals surface area contributed by atoms with E-state index in [0.29, 0.717) is 53.8 Å². The fourth-order valence-corrected chi connectivity index (χ4v) is 9.39. The first-order chi connectivity index (χ1) is 21.9. The van der Waals surface area contributed by atoms with E-state index in [1.165, 1.54) is 19.3 Å². The zero-order valence-electron chi connectivity index (χ0n) is 25.3. The van der Waals surface area contributed by atoms with Gasteiger partial charge in [-0.3, -0.25) is 9.88 Å². The Kier molecular flexibility index (Phi) is 6.43. The van der Waals surface area contributed by atoms with Crippen molar-refractivity contribution in [3.05, 3.63) is 48.4 Å². The van der Waals surface area contributed by atoms with E-state index in [9.17, 15) is 9.50 Å². The molecule has 2 bridgehead atoms. The minimum absolute atomic E-state index is 0.0392. The Morgan fingerprint density at radius 3 is 2.67 bits per heavy atom. The van der Waals surface area contributed by atoms with Crippen molar-refractivity contribution in [1.29, 1.82) is 0 Å². The highest BCUT2D eigenvalue weighted by atomic mass is 19.1. The number of pyridine rings is 1. The van der Waals surface area contributed by atoms with Crippen molar-refractivity contribution >= 4 is 27.5 Å². The number of phenols is 1. The van der Waals surface area contributed by atoms with Crippen molar-refractivity contribution < 1.29 is 18.6 Å². The molecule has 0 spiro atoms. The molecule has 6 heterocycles. The predicted molar refractivity (Wildman–Crippen MR) is 169 cm³/mol. The van der Waals surface area contributed by atoms with Gasteiger partial charge in [-0.1, -0.05) is 37.1 Å². The van der Waals surface area contributed by atoms with Gasteiger partial charge in [-0.2, -0.15) is 9.97 Å². The number of alkyl halides is 1. The molecule has 2 aromatic heterocycles. The molecule has 1 aliphatic carbocycles. The molecule has 9 rings (SSSR count). The number of anilines is 1. The summed E-state index contributed by atoms with van der Waals surface area (Å²) in [7, 11) is 0. The first kappa shape index (κ1) is 27.7. The van der Waals surface area contributed by atoms with Gasteiger partial charge >= 0.3 is 6.01 Å². The third-order valence-electron chi connectivity index (χ3n) is 11.2. The maximum atomic E-state index is 16.7. The number of hydrogen-bond donors (Lipinski definition) is 2. The van der Waals surface area contributed by atoms with Gasteiger partial charge in [0.15, 0.2) is 5.82 Å². The van der Waals surface area contributed by atoms with Crippen molar-refractivity contribution in [1.82, 2.24) is 25.2 Å². The number of nitrogens with one attached hydrogen (secondary N) is 1. The van der Waals surface area contributed by atoms with Crippen LogP contribution in [-0.2, 0) is 0 Å². The third kappa shape index (κ3) is 4.54. The summed E-state index contributed by atoms with van der Waals surface area (Å²) in [6.07, 6.45) is 9.09. The lowest BCUT2D eigenvalue weighted by atomic mass is 9.81. The first-order valence-electron chi connectivity index (χ1n) is 16.6. The van der Waals surface area contributed by atoms with Crippen LogP contribution in [0.1, 0.15) is 51.4 Å². The number of aromatic nitrogens is 3.